The maximum absolute atomic E-state index is 9.00. The van der Waals surface area contributed by atoms with E-state index in [0.29, 0.717) is 0 Å². The maximum atomic E-state index is 9.00. The van der Waals surface area contributed by atoms with Crippen molar-refractivity contribution in [3.05, 3.63) is 0 Å². The van der Waals surface area contributed by atoms with E-state index in [1.165, 1.54) is 12.8 Å². The van der Waals surface area contributed by atoms with Crippen LogP contribution in [0.4, 0.5) is 0 Å². The molecule has 0 aromatic rings. The molecule has 4 heteroatoms. The summed E-state index contributed by atoms with van der Waals surface area (Å²) < 4.78 is 10.5. The van der Waals surface area contributed by atoms with E-state index in [2.05, 4.69) is 5.16 Å². The van der Waals surface area contributed by atoms with Crippen LogP contribution >= 0.6 is 0 Å². The van der Waals surface area contributed by atoms with E-state index < -0.39 is 0 Å². The van der Waals surface area contributed by atoms with Gasteiger partial charge in [0.2, 0.25) is 0 Å². The number of nitrogens with zero attached hydrogens (tertiary/aromatic N) is 1. The Hall–Kier alpha value is -0.610. The first-order chi connectivity index (χ1) is 7.33. The summed E-state index contributed by atoms with van der Waals surface area (Å²) in [5.41, 5.74) is 0.823. The van der Waals surface area contributed by atoms with Gasteiger partial charge < -0.3 is 14.7 Å². The normalized spacial score (nSPS) is 26.6. The van der Waals surface area contributed by atoms with Gasteiger partial charge in [-0.25, -0.2) is 0 Å². The van der Waals surface area contributed by atoms with Crippen molar-refractivity contribution in [2.45, 2.75) is 44.8 Å². The second kappa shape index (κ2) is 6.80. The summed E-state index contributed by atoms with van der Waals surface area (Å²) in [7, 11) is 3.25. The van der Waals surface area contributed by atoms with Gasteiger partial charge in [0.1, 0.15) is 0 Å². The van der Waals surface area contributed by atoms with E-state index >= 15 is 0 Å². The molecule has 0 aromatic heterocycles. The van der Waals surface area contributed by atoms with Gasteiger partial charge in [-0.1, -0.05) is 24.4 Å². The fourth-order valence-corrected chi connectivity index (χ4v) is 2.22. The van der Waals surface area contributed by atoms with Crippen LogP contribution in [0.3, 0.4) is 0 Å². The van der Waals surface area contributed by atoms with Crippen LogP contribution in [0.1, 0.15) is 38.5 Å². The van der Waals surface area contributed by atoms with Crippen molar-refractivity contribution in [3.8, 4) is 0 Å². The van der Waals surface area contributed by atoms with Gasteiger partial charge >= 0.3 is 0 Å². The summed E-state index contributed by atoms with van der Waals surface area (Å²) in [6.45, 7) is 0. The molecule has 0 bridgehead atoms. The fourth-order valence-electron chi connectivity index (χ4n) is 2.22. The van der Waals surface area contributed by atoms with E-state index in [1.807, 2.05) is 0 Å². The first kappa shape index (κ1) is 12.5. The summed E-state index contributed by atoms with van der Waals surface area (Å²) in [5.74, 6) is 0.102. The molecule has 0 spiro atoms. The van der Waals surface area contributed by atoms with E-state index in [-0.39, 0.29) is 12.2 Å². The first-order valence-electron chi connectivity index (χ1n) is 5.60. The summed E-state index contributed by atoms with van der Waals surface area (Å²) in [6.07, 6.45) is 6.25. The minimum absolute atomic E-state index is 0.102. The molecule has 0 saturated heterocycles. The van der Waals surface area contributed by atoms with Gasteiger partial charge in [-0.2, -0.15) is 0 Å². The summed E-state index contributed by atoms with van der Waals surface area (Å²) in [5, 5.41) is 12.4. The second-order valence-electron chi connectivity index (χ2n) is 3.99. The Balaban J connectivity index is 2.68. The van der Waals surface area contributed by atoms with Crippen LogP contribution in [0.2, 0.25) is 0 Å². The van der Waals surface area contributed by atoms with Gasteiger partial charge in [-0.3, -0.25) is 0 Å². The second-order valence-corrected chi connectivity index (χ2v) is 3.99. The molecule has 88 valence electrons. The Morgan fingerprint density at radius 3 is 2.47 bits per heavy atom. The topological polar surface area (TPSA) is 51.0 Å². The fraction of sp³-hybridized carbons (Fsp3) is 0.909. The molecule has 4 nitrogen and oxygen atoms in total. The molecule has 1 aliphatic rings. The smallest absolute Gasteiger partial charge is 0.164 e. The summed E-state index contributed by atoms with van der Waals surface area (Å²) in [4.78, 5) is 0. The molecule has 1 atom stereocenters. The predicted molar refractivity (Wildman–Crippen MR) is 58.2 cm³/mol. The molecule has 0 aliphatic heterocycles. The zero-order valence-corrected chi connectivity index (χ0v) is 9.61. The van der Waals surface area contributed by atoms with E-state index in [0.717, 1.165) is 31.4 Å². The first-order valence-corrected chi connectivity index (χ1v) is 5.60. The Bertz CT molecular complexity index is 202. The number of hydrogen-bond donors (Lipinski definition) is 1. The molecular formula is C11H21NO3. The Morgan fingerprint density at radius 1 is 1.20 bits per heavy atom. The maximum Gasteiger partial charge on any atom is 0.164 e. The van der Waals surface area contributed by atoms with Crippen molar-refractivity contribution in [2.24, 2.45) is 11.1 Å². The van der Waals surface area contributed by atoms with Crippen molar-refractivity contribution in [1.29, 1.82) is 0 Å². The highest BCUT2D eigenvalue weighted by Gasteiger charge is 2.27. The number of methoxy groups -OCH3 is 2. The minimum atomic E-state index is -0.283. The molecule has 0 aromatic carbocycles. The van der Waals surface area contributed by atoms with Crippen LogP contribution in [-0.4, -0.2) is 31.4 Å². The number of ether oxygens (including phenoxy) is 2. The lowest BCUT2D eigenvalue weighted by atomic mass is 9.89. The van der Waals surface area contributed by atoms with E-state index in [1.54, 1.807) is 14.2 Å². The van der Waals surface area contributed by atoms with E-state index in [4.69, 9.17) is 14.7 Å². The van der Waals surface area contributed by atoms with Gasteiger partial charge in [0.05, 0.1) is 11.6 Å². The van der Waals surface area contributed by atoms with Gasteiger partial charge in [0.25, 0.3) is 0 Å². The van der Waals surface area contributed by atoms with Gasteiger partial charge in [0, 0.05) is 14.2 Å². The molecule has 0 radical (unpaired) electrons. The van der Waals surface area contributed by atoms with Crippen LogP contribution in [0.15, 0.2) is 5.16 Å². The van der Waals surface area contributed by atoms with Crippen molar-refractivity contribution < 1.29 is 14.7 Å². The largest absolute Gasteiger partial charge is 0.411 e. The number of rotatable bonds is 3. The Labute approximate surface area is 91.3 Å². The lowest BCUT2D eigenvalue weighted by Crippen LogP contribution is -2.32. The van der Waals surface area contributed by atoms with Crippen LogP contribution in [0.5, 0.6) is 0 Å². The van der Waals surface area contributed by atoms with Gasteiger partial charge in [0.15, 0.2) is 6.29 Å². The minimum Gasteiger partial charge on any atom is -0.411 e. The summed E-state index contributed by atoms with van der Waals surface area (Å²) in [6, 6.07) is 0. The van der Waals surface area contributed by atoms with Crippen LogP contribution in [0.25, 0.3) is 0 Å². The lowest BCUT2D eigenvalue weighted by Gasteiger charge is -2.26. The SMILES string of the molecule is COC(OC)C1CCCCCC/C1=N/O. The highest BCUT2D eigenvalue weighted by molar-refractivity contribution is 5.86. The van der Waals surface area contributed by atoms with Gasteiger partial charge in [-0.05, 0) is 19.3 Å². The number of oxime groups is 1. The Morgan fingerprint density at radius 2 is 1.87 bits per heavy atom. The van der Waals surface area contributed by atoms with Crippen molar-refractivity contribution in [2.75, 3.05) is 14.2 Å². The van der Waals surface area contributed by atoms with Crippen molar-refractivity contribution >= 4 is 5.71 Å². The van der Waals surface area contributed by atoms with Crippen LogP contribution in [0, 0.1) is 5.92 Å². The number of hydrogen-bond acceptors (Lipinski definition) is 4. The molecule has 0 amide bonds. The molecule has 1 unspecified atom stereocenters. The average molecular weight is 215 g/mol. The molecule has 1 rings (SSSR count). The average Bonchev–Trinajstić information content (AvgIpc) is 2.23. The highest BCUT2D eigenvalue weighted by Crippen LogP contribution is 2.24. The lowest BCUT2D eigenvalue weighted by molar-refractivity contribution is -0.124. The summed E-state index contributed by atoms with van der Waals surface area (Å²) >= 11 is 0. The third kappa shape index (κ3) is 3.47. The zero-order valence-electron chi connectivity index (χ0n) is 9.61. The van der Waals surface area contributed by atoms with Crippen molar-refractivity contribution in [1.82, 2.24) is 0 Å². The molecule has 15 heavy (non-hydrogen) atoms. The molecule has 1 N–H and O–H groups in total. The zero-order chi connectivity index (χ0) is 11.1. The molecule has 0 heterocycles. The Kier molecular flexibility index (Phi) is 5.65. The van der Waals surface area contributed by atoms with E-state index in [9.17, 15) is 0 Å². The molecule has 1 aliphatic carbocycles. The quantitative estimate of drug-likeness (QED) is 0.447. The predicted octanol–water partition coefficient (Wildman–Crippen LogP) is 2.41. The van der Waals surface area contributed by atoms with Crippen LogP contribution < -0.4 is 0 Å². The van der Waals surface area contributed by atoms with Gasteiger partial charge in [-0.15, -0.1) is 0 Å². The standard InChI is InChI=1S/C11H21NO3/c1-14-11(15-2)9-7-5-3-4-6-8-10(9)12-13/h9,11,13H,3-8H2,1-2H3/b12-10-. The van der Waals surface area contributed by atoms with Crippen LogP contribution in [-0.2, 0) is 9.47 Å². The monoisotopic (exact) mass is 215 g/mol. The third-order valence-corrected chi connectivity index (χ3v) is 3.05. The third-order valence-electron chi connectivity index (χ3n) is 3.05. The molecule has 1 fully saturated rings. The van der Waals surface area contributed by atoms with Crippen molar-refractivity contribution in [3.63, 3.8) is 0 Å². The highest BCUT2D eigenvalue weighted by atomic mass is 16.7. The molecule has 1 saturated carbocycles. The molecular weight excluding hydrogens is 194 g/mol.